The van der Waals surface area contributed by atoms with E-state index in [1.54, 1.807) is 19.2 Å². The van der Waals surface area contributed by atoms with Crippen molar-refractivity contribution in [1.29, 1.82) is 0 Å². The Morgan fingerprint density at radius 1 is 1.03 bits per heavy atom. The number of ether oxygens (including phenoxy) is 1. The van der Waals surface area contributed by atoms with E-state index < -0.39 is 9.84 Å². The number of nitrogens with one attached hydrogen (secondary N) is 3. The Morgan fingerprint density at radius 2 is 1.74 bits per heavy atom. The zero-order valence-corrected chi connectivity index (χ0v) is 20.2. The van der Waals surface area contributed by atoms with Crippen LogP contribution in [0.2, 0.25) is 0 Å². The van der Waals surface area contributed by atoms with Gasteiger partial charge in [0.05, 0.1) is 23.4 Å². The molecule has 2 aromatic heterocycles. The molecule has 1 amide bonds. The third-order valence-corrected chi connectivity index (χ3v) is 6.55. The molecule has 10 nitrogen and oxygen atoms in total. The van der Waals surface area contributed by atoms with E-state index in [1.807, 2.05) is 31.2 Å². The zero-order chi connectivity index (χ0) is 25.0. The van der Waals surface area contributed by atoms with Gasteiger partial charge in [0.1, 0.15) is 17.4 Å². The Morgan fingerprint density at radius 3 is 2.34 bits per heavy atom. The second-order valence-electron chi connectivity index (χ2n) is 7.81. The first-order chi connectivity index (χ1) is 16.7. The fourth-order valence-corrected chi connectivity index (χ4v) is 4.51. The van der Waals surface area contributed by atoms with Crippen LogP contribution in [0.25, 0.3) is 0 Å². The number of anilines is 3. The van der Waals surface area contributed by atoms with Crippen LogP contribution in [0.4, 0.5) is 17.3 Å². The molecule has 0 aliphatic carbocycles. The van der Waals surface area contributed by atoms with Gasteiger partial charge in [0.15, 0.2) is 0 Å². The summed E-state index contributed by atoms with van der Waals surface area (Å²) in [6.45, 7) is 3.21. The average molecular weight is 493 g/mol. The summed E-state index contributed by atoms with van der Waals surface area (Å²) >= 11 is 0. The quantitative estimate of drug-likeness (QED) is 0.317. The second-order valence-corrected chi connectivity index (χ2v) is 9.65. The first-order valence-corrected chi connectivity index (χ1v) is 12.1. The molecule has 4 rings (SSSR count). The van der Waals surface area contributed by atoms with Crippen LogP contribution in [0.5, 0.6) is 5.75 Å². The summed E-state index contributed by atoms with van der Waals surface area (Å²) in [5, 5.41) is 12.2. The predicted octanol–water partition coefficient (Wildman–Crippen LogP) is 3.64. The van der Waals surface area contributed by atoms with E-state index in [0.29, 0.717) is 29.4 Å². The van der Waals surface area contributed by atoms with Crippen molar-refractivity contribution in [3.05, 3.63) is 77.6 Å². The van der Waals surface area contributed by atoms with Crippen LogP contribution in [0.3, 0.4) is 0 Å². The summed E-state index contributed by atoms with van der Waals surface area (Å²) < 4.78 is 32.0. The Balaban J connectivity index is 1.71. The Bertz CT molecular complexity index is 1450. The highest BCUT2D eigenvalue weighted by molar-refractivity contribution is 7.91. The maximum atomic E-state index is 13.4. The van der Waals surface area contributed by atoms with E-state index in [-0.39, 0.29) is 16.0 Å². The lowest BCUT2D eigenvalue weighted by atomic mass is 10.1. The van der Waals surface area contributed by atoms with Crippen molar-refractivity contribution >= 4 is 33.1 Å². The van der Waals surface area contributed by atoms with Crippen LogP contribution in [0.15, 0.2) is 70.7 Å². The van der Waals surface area contributed by atoms with E-state index in [9.17, 15) is 13.2 Å². The van der Waals surface area contributed by atoms with E-state index in [1.165, 1.54) is 31.2 Å². The van der Waals surface area contributed by atoms with E-state index in [0.717, 1.165) is 17.0 Å². The van der Waals surface area contributed by atoms with Gasteiger partial charge in [-0.1, -0.05) is 12.1 Å². The molecular weight excluding hydrogens is 468 g/mol. The fraction of sp³-hybridized carbons (Fsp3) is 0.167. The van der Waals surface area contributed by atoms with Crippen molar-refractivity contribution in [2.24, 2.45) is 0 Å². The molecule has 0 saturated carbocycles. The topological polar surface area (TPSA) is 139 Å². The molecule has 0 spiro atoms. The van der Waals surface area contributed by atoms with Crippen molar-refractivity contribution < 1.29 is 17.9 Å². The highest BCUT2D eigenvalue weighted by atomic mass is 32.2. The SMILES string of the molecule is COc1ccc(Cc2cc(Nc3cc(C)n[nH]3)nc(S(=O)(=O)c3ccc(NC(C)=O)cc3)n2)cc1. The normalized spacial score (nSPS) is 11.2. The summed E-state index contributed by atoms with van der Waals surface area (Å²) in [6.07, 6.45) is 0.382. The van der Waals surface area contributed by atoms with Crippen molar-refractivity contribution in [2.75, 3.05) is 17.7 Å². The minimum Gasteiger partial charge on any atom is -0.497 e. The number of amides is 1. The lowest BCUT2D eigenvalue weighted by Crippen LogP contribution is -2.11. The predicted molar refractivity (Wildman–Crippen MR) is 131 cm³/mol. The molecule has 4 aromatic rings. The number of benzene rings is 2. The smallest absolute Gasteiger partial charge is 0.254 e. The van der Waals surface area contributed by atoms with Gasteiger partial charge in [-0.15, -0.1) is 0 Å². The maximum absolute atomic E-state index is 13.4. The number of sulfone groups is 1. The minimum atomic E-state index is -4.04. The Hall–Kier alpha value is -4.25. The summed E-state index contributed by atoms with van der Waals surface area (Å²) in [4.78, 5) is 19.9. The second kappa shape index (κ2) is 9.94. The van der Waals surface area contributed by atoms with Crippen LogP contribution in [0, 0.1) is 6.92 Å². The first-order valence-electron chi connectivity index (χ1n) is 10.7. The Kier molecular flexibility index (Phi) is 6.78. The van der Waals surface area contributed by atoms with Crippen LogP contribution in [0.1, 0.15) is 23.9 Å². The molecule has 0 unspecified atom stereocenters. The van der Waals surface area contributed by atoms with Gasteiger partial charge in [0, 0.05) is 31.2 Å². The number of aryl methyl sites for hydroxylation is 1. The minimum absolute atomic E-state index is 0.0107. The number of carbonyl (C=O) groups is 1. The number of aromatic nitrogens is 4. The molecule has 0 saturated heterocycles. The van der Waals surface area contributed by atoms with Gasteiger partial charge in [0.25, 0.3) is 5.16 Å². The number of hydrogen-bond donors (Lipinski definition) is 3. The standard InChI is InChI=1S/C24H24N6O4S/c1-15-12-23(30-29-15)27-22-14-19(13-17-4-8-20(34-3)9-5-17)26-24(28-22)35(32,33)21-10-6-18(7-11-21)25-16(2)31/h4-12,14H,13H2,1-3H3,(H,25,31)(H2,26,27,28,29,30). The first kappa shape index (κ1) is 23.9. The number of methoxy groups -OCH3 is 1. The van der Waals surface area contributed by atoms with Crippen molar-refractivity contribution in [3.63, 3.8) is 0 Å². The third kappa shape index (κ3) is 5.82. The number of aromatic amines is 1. The number of rotatable bonds is 8. The van der Waals surface area contributed by atoms with Crippen LogP contribution >= 0.6 is 0 Å². The van der Waals surface area contributed by atoms with Crippen molar-refractivity contribution in [3.8, 4) is 5.75 Å². The number of carbonyl (C=O) groups excluding carboxylic acids is 1. The molecule has 180 valence electrons. The lowest BCUT2D eigenvalue weighted by molar-refractivity contribution is -0.114. The van der Waals surface area contributed by atoms with E-state index in [4.69, 9.17) is 4.74 Å². The van der Waals surface area contributed by atoms with Crippen LogP contribution < -0.4 is 15.4 Å². The van der Waals surface area contributed by atoms with Gasteiger partial charge in [-0.25, -0.2) is 18.4 Å². The summed E-state index contributed by atoms with van der Waals surface area (Å²) in [7, 11) is -2.45. The van der Waals surface area contributed by atoms with Gasteiger partial charge >= 0.3 is 0 Å². The largest absolute Gasteiger partial charge is 0.497 e. The number of hydrogen-bond acceptors (Lipinski definition) is 8. The molecule has 0 atom stereocenters. The Labute approximate surface area is 202 Å². The monoisotopic (exact) mass is 492 g/mol. The zero-order valence-electron chi connectivity index (χ0n) is 19.4. The van der Waals surface area contributed by atoms with Crippen LogP contribution in [-0.2, 0) is 21.1 Å². The molecule has 2 aromatic carbocycles. The van der Waals surface area contributed by atoms with Gasteiger partial charge < -0.3 is 15.4 Å². The molecule has 2 heterocycles. The third-order valence-electron chi connectivity index (χ3n) is 5.00. The molecule has 35 heavy (non-hydrogen) atoms. The molecule has 0 aliphatic rings. The van der Waals surface area contributed by atoms with Gasteiger partial charge in [-0.3, -0.25) is 9.89 Å². The van der Waals surface area contributed by atoms with Crippen molar-refractivity contribution in [1.82, 2.24) is 20.2 Å². The fourth-order valence-electron chi connectivity index (χ4n) is 3.35. The molecule has 3 N–H and O–H groups in total. The molecular formula is C24H24N6O4S. The van der Waals surface area contributed by atoms with Gasteiger partial charge in [-0.2, -0.15) is 5.10 Å². The molecule has 0 radical (unpaired) electrons. The van der Waals surface area contributed by atoms with Crippen molar-refractivity contribution in [2.45, 2.75) is 30.3 Å². The van der Waals surface area contributed by atoms with Gasteiger partial charge in [-0.05, 0) is 48.9 Å². The molecule has 0 bridgehead atoms. The highest BCUT2D eigenvalue weighted by Crippen LogP contribution is 2.24. The molecule has 0 aliphatic heterocycles. The summed E-state index contributed by atoms with van der Waals surface area (Å²) in [6, 6.07) is 16.8. The maximum Gasteiger partial charge on any atom is 0.254 e. The van der Waals surface area contributed by atoms with Crippen LogP contribution in [-0.4, -0.2) is 41.6 Å². The summed E-state index contributed by atoms with van der Waals surface area (Å²) in [5.74, 6) is 1.35. The highest BCUT2D eigenvalue weighted by Gasteiger charge is 2.23. The summed E-state index contributed by atoms with van der Waals surface area (Å²) in [5.41, 5.74) is 2.70. The lowest BCUT2D eigenvalue weighted by Gasteiger charge is -2.11. The van der Waals surface area contributed by atoms with E-state index in [2.05, 4.69) is 30.8 Å². The molecule has 11 heteroatoms. The average Bonchev–Trinajstić information content (AvgIpc) is 3.23. The number of H-pyrrole nitrogens is 1. The molecule has 0 fully saturated rings. The number of nitrogens with zero attached hydrogens (tertiary/aromatic N) is 3. The van der Waals surface area contributed by atoms with E-state index >= 15 is 0 Å². The van der Waals surface area contributed by atoms with Gasteiger partial charge in [0.2, 0.25) is 15.7 Å².